The molecule has 0 spiro atoms. The van der Waals surface area contributed by atoms with Crippen molar-refractivity contribution in [1.29, 1.82) is 0 Å². The fourth-order valence-electron chi connectivity index (χ4n) is 2.45. The number of hydrogen-bond donors (Lipinski definition) is 1. The van der Waals surface area contributed by atoms with Gasteiger partial charge in [0, 0.05) is 17.4 Å². The first-order chi connectivity index (χ1) is 9.56. The number of carbonyl (C=O) groups excluding carboxylic acids is 1. The second-order valence-corrected chi connectivity index (χ2v) is 6.44. The van der Waals surface area contributed by atoms with Crippen molar-refractivity contribution in [2.75, 3.05) is 5.75 Å². The average Bonchev–Trinajstić information content (AvgIpc) is 2.43. The second-order valence-electron chi connectivity index (χ2n) is 5.49. The highest BCUT2D eigenvalue weighted by atomic mass is 32.2. The summed E-state index contributed by atoms with van der Waals surface area (Å²) in [7, 11) is 0. The standard InChI is InChI=1S/C15H23N3OS/c1-10-11(2)16-15(17-12(10)3)20-9-14(19)18-13-7-5-4-6-8-13/h13H,4-9H2,1-3H3,(H,18,19). The Morgan fingerprint density at radius 1 is 1.15 bits per heavy atom. The van der Waals surface area contributed by atoms with Gasteiger partial charge in [0.2, 0.25) is 5.91 Å². The number of carbonyl (C=O) groups is 1. The molecule has 1 fully saturated rings. The summed E-state index contributed by atoms with van der Waals surface area (Å²) in [5.41, 5.74) is 3.11. The first-order valence-electron chi connectivity index (χ1n) is 7.30. The Labute approximate surface area is 125 Å². The van der Waals surface area contributed by atoms with E-state index in [1.54, 1.807) is 0 Å². The number of aromatic nitrogens is 2. The molecular weight excluding hydrogens is 270 g/mol. The Hall–Kier alpha value is -1.10. The average molecular weight is 293 g/mol. The van der Waals surface area contributed by atoms with Gasteiger partial charge < -0.3 is 5.32 Å². The molecule has 0 bridgehead atoms. The van der Waals surface area contributed by atoms with Crippen LogP contribution in [0.5, 0.6) is 0 Å². The maximum absolute atomic E-state index is 11.9. The van der Waals surface area contributed by atoms with E-state index in [2.05, 4.69) is 15.3 Å². The molecule has 110 valence electrons. The molecule has 0 aliphatic heterocycles. The highest BCUT2D eigenvalue weighted by molar-refractivity contribution is 7.99. The Morgan fingerprint density at radius 2 is 1.75 bits per heavy atom. The van der Waals surface area contributed by atoms with Crippen LogP contribution in [0.15, 0.2) is 5.16 Å². The molecule has 1 aromatic rings. The third-order valence-electron chi connectivity index (χ3n) is 3.91. The van der Waals surface area contributed by atoms with Crippen molar-refractivity contribution in [2.45, 2.75) is 64.1 Å². The maximum Gasteiger partial charge on any atom is 0.230 e. The highest BCUT2D eigenvalue weighted by Crippen LogP contribution is 2.19. The van der Waals surface area contributed by atoms with Crippen LogP contribution in [0, 0.1) is 20.8 Å². The van der Waals surface area contributed by atoms with Crippen LogP contribution in [-0.4, -0.2) is 27.7 Å². The molecule has 2 rings (SSSR count). The summed E-state index contributed by atoms with van der Waals surface area (Å²) in [5, 5.41) is 3.81. The monoisotopic (exact) mass is 293 g/mol. The lowest BCUT2D eigenvalue weighted by Crippen LogP contribution is -2.37. The van der Waals surface area contributed by atoms with Crippen LogP contribution in [0.25, 0.3) is 0 Å². The Balaban J connectivity index is 1.83. The molecule has 0 aromatic carbocycles. The van der Waals surface area contributed by atoms with Gasteiger partial charge in [-0.1, -0.05) is 31.0 Å². The molecule has 0 unspecified atom stereocenters. The van der Waals surface area contributed by atoms with Crippen LogP contribution >= 0.6 is 11.8 Å². The second kappa shape index (κ2) is 7.07. The summed E-state index contributed by atoms with van der Waals surface area (Å²) in [6.45, 7) is 5.99. The quantitative estimate of drug-likeness (QED) is 0.685. The summed E-state index contributed by atoms with van der Waals surface area (Å²) in [4.78, 5) is 20.8. The van der Waals surface area contributed by atoms with E-state index in [0.29, 0.717) is 17.0 Å². The van der Waals surface area contributed by atoms with Crippen LogP contribution in [0.1, 0.15) is 49.1 Å². The predicted molar refractivity (Wildman–Crippen MR) is 82.0 cm³/mol. The van der Waals surface area contributed by atoms with Crippen LogP contribution < -0.4 is 5.32 Å². The molecular formula is C15H23N3OS. The van der Waals surface area contributed by atoms with Gasteiger partial charge in [0.15, 0.2) is 5.16 Å². The molecule has 0 atom stereocenters. The minimum absolute atomic E-state index is 0.0985. The summed E-state index contributed by atoms with van der Waals surface area (Å²) < 4.78 is 0. The smallest absolute Gasteiger partial charge is 0.230 e. The number of aryl methyl sites for hydroxylation is 2. The zero-order valence-electron chi connectivity index (χ0n) is 12.5. The van der Waals surface area contributed by atoms with Crippen molar-refractivity contribution < 1.29 is 4.79 Å². The number of amides is 1. The van der Waals surface area contributed by atoms with E-state index in [1.165, 1.54) is 31.0 Å². The molecule has 20 heavy (non-hydrogen) atoms. The molecule has 1 aliphatic carbocycles. The first-order valence-corrected chi connectivity index (χ1v) is 8.29. The van der Waals surface area contributed by atoms with Crippen LogP contribution in [0.2, 0.25) is 0 Å². The van der Waals surface area contributed by atoms with Gasteiger partial charge >= 0.3 is 0 Å². The van der Waals surface area contributed by atoms with Crippen molar-refractivity contribution in [2.24, 2.45) is 0 Å². The third kappa shape index (κ3) is 4.20. The van der Waals surface area contributed by atoms with E-state index in [9.17, 15) is 4.79 Å². The van der Waals surface area contributed by atoms with Gasteiger partial charge in [0.25, 0.3) is 0 Å². The van der Waals surface area contributed by atoms with Crippen LogP contribution in [0.4, 0.5) is 0 Å². The molecule has 1 aliphatic rings. The molecule has 1 saturated carbocycles. The molecule has 0 saturated heterocycles. The van der Waals surface area contributed by atoms with E-state index in [0.717, 1.165) is 29.8 Å². The number of nitrogens with one attached hydrogen (secondary N) is 1. The summed E-state index contributed by atoms with van der Waals surface area (Å²) in [5.74, 6) is 0.500. The van der Waals surface area contributed by atoms with Crippen molar-refractivity contribution in [3.05, 3.63) is 17.0 Å². The molecule has 0 radical (unpaired) electrons. The minimum atomic E-state index is 0.0985. The van der Waals surface area contributed by atoms with Crippen molar-refractivity contribution in [3.63, 3.8) is 0 Å². The van der Waals surface area contributed by atoms with Gasteiger partial charge in [-0.2, -0.15) is 0 Å². The largest absolute Gasteiger partial charge is 0.353 e. The normalized spacial score (nSPS) is 16.1. The molecule has 1 heterocycles. The van der Waals surface area contributed by atoms with Crippen LogP contribution in [-0.2, 0) is 4.79 Å². The fourth-order valence-corrected chi connectivity index (χ4v) is 3.20. The van der Waals surface area contributed by atoms with E-state index in [-0.39, 0.29) is 5.91 Å². The maximum atomic E-state index is 11.9. The van der Waals surface area contributed by atoms with Gasteiger partial charge in [0.05, 0.1) is 5.75 Å². The zero-order chi connectivity index (χ0) is 14.5. The number of thioether (sulfide) groups is 1. The van der Waals surface area contributed by atoms with Crippen molar-refractivity contribution in [3.8, 4) is 0 Å². The number of hydrogen-bond acceptors (Lipinski definition) is 4. The fraction of sp³-hybridized carbons (Fsp3) is 0.667. The Morgan fingerprint density at radius 3 is 2.35 bits per heavy atom. The number of nitrogens with zero attached hydrogens (tertiary/aromatic N) is 2. The Kier molecular flexibility index (Phi) is 5.40. The lowest BCUT2D eigenvalue weighted by Gasteiger charge is -2.22. The van der Waals surface area contributed by atoms with E-state index in [1.807, 2.05) is 20.8 Å². The van der Waals surface area contributed by atoms with E-state index < -0.39 is 0 Å². The molecule has 1 N–H and O–H groups in total. The first kappa shape index (κ1) is 15.3. The summed E-state index contributed by atoms with van der Waals surface area (Å²) in [6, 6.07) is 0.374. The van der Waals surface area contributed by atoms with Gasteiger partial charge in [-0.3, -0.25) is 4.79 Å². The van der Waals surface area contributed by atoms with Gasteiger partial charge in [-0.05, 0) is 39.2 Å². The summed E-state index contributed by atoms with van der Waals surface area (Å²) >= 11 is 1.42. The third-order valence-corrected chi connectivity index (χ3v) is 4.76. The molecule has 5 heteroatoms. The minimum Gasteiger partial charge on any atom is -0.353 e. The van der Waals surface area contributed by atoms with Crippen molar-refractivity contribution in [1.82, 2.24) is 15.3 Å². The number of rotatable bonds is 4. The highest BCUT2D eigenvalue weighted by Gasteiger charge is 2.16. The topological polar surface area (TPSA) is 54.9 Å². The van der Waals surface area contributed by atoms with E-state index >= 15 is 0 Å². The summed E-state index contributed by atoms with van der Waals surface area (Å²) in [6.07, 6.45) is 6.01. The predicted octanol–water partition coefficient (Wildman–Crippen LogP) is 2.94. The van der Waals surface area contributed by atoms with E-state index in [4.69, 9.17) is 0 Å². The zero-order valence-corrected chi connectivity index (χ0v) is 13.3. The molecule has 4 nitrogen and oxygen atoms in total. The van der Waals surface area contributed by atoms with Crippen molar-refractivity contribution >= 4 is 17.7 Å². The SMILES string of the molecule is Cc1nc(SCC(=O)NC2CCCCC2)nc(C)c1C. The lowest BCUT2D eigenvalue weighted by molar-refractivity contribution is -0.119. The van der Waals surface area contributed by atoms with Gasteiger partial charge in [0.1, 0.15) is 0 Å². The van der Waals surface area contributed by atoms with Crippen LogP contribution in [0.3, 0.4) is 0 Å². The lowest BCUT2D eigenvalue weighted by atomic mass is 9.95. The molecule has 1 aromatic heterocycles. The van der Waals surface area contributed by atoms with Gasteiger partial charge in [-0.15, -0.1) is 0 Å². The molecule has 1 amide bonds. The Bertz CT molecular complexity index is 461. The van der Waals surface area contributed by atoms with Gasteiger partial charge in [-0.25, -0.2) is 9.97 Å².